The third kappa shape index (κ3) is 5.89. The van der Waals surface area contributed by atoms with Gasteiger partial charge in [0.1, 0.15) is 22.9 Å². The van der Waals surface area contributed by atoms with Gasteiger partial charge in [-0.05, 0) is 37.4 Å². The van der Waals surface area contributed by atoms with Gasteiger partial charge in [-0.2, -0.15) is 5.26 Å². The first-order valence-corrected chi connectivity index (χ1v) is 11.4. The van der Waals surface area contributed by atoms with Gasteiger partial charge < -0.3 is 20.3 Å². The van der Waals surface area contributed by atoms with Crippen LogP contribution in [0.5, 0.6) is 5.75 Å². The Morgan fingerprint density at radius 1 is 1.24 bits per heavy atom. The van der Waals surface area contributed by atoms with Crippen molar-refractivity contribution < 1.29 is 9.53 Å². The number of carbonyl (C=O) groups excluding carboxylic acids is 1. The quantitative estimate of drug-likeness (QED) is 0.373. The summed E-state index contributed by atoms with van der Waals surface area (Å²) in [7, 11) is 1.56. The number of benzene rings is 2. The number of amides is 1. The van der Waals surface area contributed by atoms with E-state index in [1.807, 2.05) is 36.4 Å². The Morgan fingerprint density at radius 3 is 2.67 bits per heavy atom. The lowest BCUT2D eigenvalue weighted by Crippen LogP contribution is -2.23. The topological polar surface area (TPSA) is 90.3 Å². The van der Waals surface area contributed by atoms with Gasteiger partial charge in [0.25, 0.3) is 0 Å². The van der Waals surface area contributed by atoms with E-state index in [2.05, 4.69) is 56.4 Å². The minimum Gasteiger partial charge on any atom is -0.494 e. The van der Waals surface area contributed by atoms with E-state index >= 15 is 0 Å². The molecule has 3 aromatic rings. The molecule has 0 atom stereocenters. The van der Waals surface area contributed by atoms with Gasteiger partial charge in [-0.1, -0.05) is 54.1 Å². The van der Waals surface area contributed by atoms with Crippen LogP contribution in [0.1, 0.15) is 19.4 Å². The number of halogens is 1. The second kappa shape index (κ2) is 11.5. The number of nitrogens with zero attached hydrogens (tertiary/aromatic N) is 3. The van der Waals surface area contributed by atoms with Crippen LogP contribution in [0.25, 0.3) is 10.9 Å². The van der Waals surface area contributed by atoms with Crippen LogP contribution in [0, 0.1) is 11.3 Å². The Bertz CT molecular complexity index is 1220. The molecule has 1 aromatic heterocycles. The summed E-state index contributed by atoms with van der Waals surface area (Å²) in [5.41, 5.74) is 2.11. The minimum atomic E-state index is -0.353. The standard InChI is InChI=1S/C25H26BrN5O2/c1-4-31(5-2)14-8-13-22(32)29-25-20(16-27)23(28-18-10-6-9-17(26)15-18)19-11-7-12-21(33-3)24(19)30-25/h6-13,15H,4-5,14H2,1-3H3,(H2,28,29,30,32). The van der Waals surface area contributed by atoms with Crippen LogP contribution in [-0.2, 0) is 4.79 Å². The van der Waals surface area contributed by atoms with E-state index in [4.69, 9.17) is 4.74 Å². The lowest BCUT2D eigenvalue weighted by Gasteiger charge is -2.16. The van der Waals surface area contributed by atoms with Gasteiger partial charge in [0.05, 0.1) is 12.8 Å². The molecule has 0 spiro atoms. The molecule has 0 saturated carbocycles. The molecule has 2 N–H and O–H groups in total. The van der Waals surface area contributed by atoms with E-state index < -0.39 is 0 Å². The number of nitrogens with one attached hydrogen (secondary N) is 2. The van der Waals surface area contributed by atoms with Crippen molar-refractivity contribution in [2.24, 2.45) is 0 Å². The summed E-state index contributed by atoms with van der Waals surface area (Å²) in [6, 6.07) is 15.3. The first-order valence-electron chi connectivity index (χ1n) is 10.6. The van der Waals surface area contributed by atoms with Crippen LogP contribution >= 0.6 is 15.9 Å². The number of rotatable bonds is 9. The van der Waals surface area contributed by atoms with Crippen molar-refractivity contribution in [1.29, 1.82) is 5.26 Å². The van der Waals surface area contributed by atoms with E-state index in [0.29, 0.717) is 28.9 Å². The summed E-state index contributed by atoms with van der Waals surface area (Å²) in [5, 5.41) is 16.8. The number of fused-ring (bicyclic) bond motifs is 1. The van der Waals surface area contributed by atoms with Crippen molar-refractivity contribution in [1.82, 2.24) is 9.88 Å². The maximum Gasteiger partial charge on any atom is 0.249 e. The number of likely N-dealkylation sites (N-methyl/N-ethyl adjacent to an activating group) is 1. The van der Waals surface area contributed by atoms with Crippen molar-refractivity contribution in [3.05, 3.63) is 64.7 Å². The molecule has 0 radical (unpaired) electrons. The number of hydrogen-bond donors (Lipinski definition) is 2. The maximum atomic E-state index is 12.6. The number of carbonyl (C=O) groups is 1. The van der Waals surface area contributed by atoms with E-state index in [1.54, 1.807) is 19.3 Å². The van der Waals surface area contributed by atoms with Crippen molar-refractivity contribution in [3.8, 4) is 11.8 Å². The Kier molecular flexibility index (Phi) is 8.41. The fourth-order valence-corrected chi connectivity index (χ4v) is 3.81. The van der Waals surface area contributed by atoms with Crippen molar-refractivity contribution in [2.75, 3.05) is 37.4 Å². The van der Waals surface area contributed by atoms with Crippen LogP contribution in [0.4, 0.5) is 17.2 Å². The Labute approximate surface area is 202 Å². The molecule has 8 heteroatoms. The van der Waals surface area contributed by atoms with Crippen LogP contribution in [0.15, 0.2) is 59.1 Å². The van der Waals surface area contributed by atoms with E-state index in [-0.39, 0.29) is 17.3 Å². The van der Waals surface area contributed by atoms with Gasteiger partial charge >= 0.3 is 0 Å². The number of ether oxygens (including phenoxy) is 1. The largest absolute Gasteiger partial charge is 0.494 e. The molecule has 0 saturated heterocycles. The molecule has 0 aliphatic carbocycles. The highest BCUT2D eigenvalue weighted by Gasteiger charge is 2.19. The molecule has 170 valence electrons. The van der Waals surface area contributed by atoms with Crippen LogP contribution < -0.4 is 15.4 Å². The molecule has 3 rings (SSSR count). The van der Waals surface area contributed by atoms with Gasteiger partial charge in [-0.15, -0.1) is 0 Å². The predicted molar refractivity (Wildman–Crippen MR) is 136 cm³/mol. The summed E-state index contributed by atoms with van der Waals surface area (Å²) in [6.07, 6.45) is 3.27. The average Bonchev–Trinajstić information content (AvgIpc) is 2.81. The van der Waals surface area contributed by atoms with Crippen LogP contribution in [-0.4, -0.2) is 42.5 Å². The second-order valence-electron chi connectivity index (χ2n) is 7.19. The highest BCUT2D eigenvalue weighted by molar-refractivity contribution is 9.10. The molecule has 0 fully saturated rings. The first-order chi connectivity index (χ1) is 16.0. The highest BCUT2D eigenvalue weighted by Crippen LogP contribution is 2.37. The molecule has 2 aromatic carbocycles. The zero-order chi connectivity index (χ0) is 23.8. The van der Waals surface area contributed by atoms with E-state index in [9.17, 15) is 10.1 Å². The lowest BCUT2D eigenvalue weighted by molar-refractivity contribution is -0.111. The van der Waals surface area contributed by atoms with Crippen molar-refractivity contribution >= 4 is 49.9 Å². The average molecular weight is 508 g/mol. The molecule has 1 amide bonds. The second-order valence-corrected chi connectivity index (χ2v) is 8.11. The summed E-state index contributed by atoms with van der Waals surface area (Å²) >= 11 is 3.47. The van der Waals surface area contributed by atoms with Gasteiger partial charge in [-0.3, -0.25) is 4.79 Å². The predicted octanol–water partition coefficient (Wildman–Crippen LogP) is 5.46. The monoisotopic (exact) mass is 507 g/mol. The fourth-order valence-electron chi connectivity index (χ4n) is 3.41. The number of hydrogen-bond acceptors (Lipinski definition) is 6. The maximum absolute atomic E-state index is 12.6. The molecule has 33 heavy (non-hydrogen) atoms. The molecular weight excluding hydrogens is 482 g/mol. The van der Waals surface area contributed by atoms with Crippen LogP contribution in [0.3, 0.4) is 0 Å². The fraction of sp³-hybridized carbons (Fsp3) is 0.240. The Balaban J connectivity index is 2.05. The third-order valence-electron chi connectivity index (χ3n) is 5.17. The first kappa shape index (κ1) is 24.2. The van der Waals surface area contributed by atoms with Crippen molar-refractivity contribution in [2.45, 2.75) is 13.8 Å². The van der Waals surface area contributed by atoms with Crippen LogP contribution in [0.2, 0.25) is 0 Å². The SMILES string of the molecule is CCN(CC)CC=CC(=O)Nc1nc2c(OC)cccc2c(Nc2cccc(Br)c2)c1C#N. The number of para-hydroxylation sites is 1. The highest BCUT2D eigenvalue weighted by atomic mass is 79.9. The normalized spacial score (nSPS) is 11.0. The van der Waals surface area contributed by atoms with Gasteiger partial charge in [0.2, 0.25) is 5.91 Å². The van der Waals surface area contributed by atoms with E-state index in [1.165, 1.54) is 6.08 Å². The Morgan fingerprint density at radius 2 is 2.00 bits per heavy atom. The lowest BCUT2D eigenvalue weighted by atomic mass is 10.1. The van der Waals surface area contributed by atoms with Gasteiger partial charge in [-0.25, -0.2) is 4.98 Å². The van der Waals surface area contributed by atoms with Gasteiger partial charge in [0, 0.05) is 28.2 Å². The summed E-state index contributed by atoms with van der Waals surface area (Å²) in [4.78, 5) is 19.4. The molecule has 0 aliphatic rings. The number of pyridine rings is 1. The smallest absolute Gasteiger partial charge is 0.249 e. The molecular formula is C25H26BrN5O2. The number of aromatic nitrogens is 1. The molecule has 7 nitrogen and oxygen atoms in total. The van der Waals surface area contributed by atoms with E-state index in [0.717, 1.165) is 23.2 Å². The Hall–Kier alpha value is -3.41. The zero-order valence-corrected chi connectivity index (χ0v) is 20.4. The summed E-state index contributed by atoms with van der Waals surface area (Å²) < 4.78 is 6.39. The number of anilines is 3. The van der Waals surface area contributed by atoms with Crippen molar-refractivity contribution in [3.63, 3.8) is 0 Å². The molecule has 0 aliphatic heterocycles. The molecule has 0 bridgehead atoms. The third-order valence-corrected chi connectivity index (χ3v) is 5.67. The zero-order valence-electron chi connectivity index (χ0n) is 18.9. The van der Waals surface area contributed by atoms with Gasteiger partial charge in [0.15, 0.2) is 5.82 Å². The summed E-state index contributed by atoms with van der Waals surface area (Å²) in [5.74, 6) is 0.361. The minimum absolute atomic E-state index is 0.171. The molecule has 1 heterocycles. The number of nitriles is 1. The summed E-state index contributed by atoms with van der Waals surface area (Å²) in [6.45, 7) is 6.61. The molecule has 0 unspecified atom stereocenters. The number of methoxy groups -OCH3 is 1.